The molecular weight excluding hydrogens is 989 g/mol. The van der Waals surface area contributed by atoms with Crippen LogP contribution in [0.3, 0.4) is 0 Å². The van der Waals surface area contributed by atoms with Gasteiger partial charge in [-0.1, -0.05) is 53.2 Å². The predicted molar refractivity (Wildman–Crippen MR) is 257 cm³/mol. The van der Waals surface area contributed by atoms with Crippen molar-refractivity contribution in [2.45, 2.75) is 235 Å². The molecule has 430 valence electrons. The Bertz CT molecular complexity index is 2060. The normalized spacial score (nSPS) is 54.9. The van der Waals surface area contributed by atoms with Gasteiger partial charge in [-0.15, -0.1) is 0 Å². The minimum atomic E-state index is -1.99. The van der Waals surface area contributed by atoms with Crippen molar-refractivity contribution >= 4 is 5.97 Å². The Balaban J connectivity index is 0.835. The highest BCUT2D eigenvalue weighted by Gasteiger charge is 2.70. The zero-order valence-corrected chi connectivity index (χ0v) is 44.2. The third kappa shape index (κ3) is 9.40. The van der Waals surface area contributed by atoms with Crippen molar-refractivity contribution in [3.63, 3.8) is 0 Å². The van der Waals surface area contributed by atoms with E-state index in [0.29, 0.717) is 19.3 Å². The lowest BCUT2D eigenvalue weighted by atomic mass is 9.33. The predicted octanol–water partition coefficient (Wildman–Crippen LogP) is -0.830. The van der Waals surface area contributed by atoms with E-state index in [1.807, 2.05) is 6.92 Å². The molecule has 22 heteroatoms. The molecule has 0 aromatic heterocycles. The molecule has 0 amide bonds. The quantitative estimate of drug-likeness (QED) is 0.0838. The maximum atomic E-state index is 13.1. The number of carboxylic acid groups (broad SMARTS) is 1. The average molecular weight is 1080 g/mol. The zero-order valence-electron chi connectivity index (χ0n) is 44.2. The fourth-order valence-electron chi connectivity index (χ4n) is 16.3. The minimum Gasteiger partial charge on any atom is -0.481 e. The van der Waals surface area contributed by atoms with E-state index in [1.54, 1.807) is 0 Å². The zero-order chi connectivity index (χ0) is 54.7. The summed E-state index contributed by atoms with van der Waals surface area (Å²) >= 11 is 0. The van der Waals surface area contributed by atoms with E-state index in [4.69, 9.17) is 37.9 Å². The van der Waals surface area contributed by atoms with Crippen LogP contribution in [0.5, 0.6) is 0 Å². The van der Waals surface area contributed by atoms with Crippen molar-refractivity contribution in [2.24, 2.45) is 50.2 Å². The molecule has 4 heterocycles. The van der Waals surface area contributed by atoms with E-state index in [1.165, 1.54) is 12.5 Å². The van der Waals surface area contributed by atoms with E-state index < -0.39 is 153 Å². The van der Waals surface area contributed by atoms with Gasteiger partial charge in [-0.3, -0.25) is 4.79 Å². The number of allylic oxidation sites excluding steroid dienone is 2. The van der Waals surface area contributed by atoms with Crippen LogP contribution in [0.1, 0.15) is 113 Å². The Labute approximate surface area is 437 Å². The summed E-state index contributed by atoms with van der Waals surface area (Å²) in [5.74, 6) is -0.405. The molecule has 9 aliphatic rings. The molecule has 4 saturated carbocycles. The molecule has 0 spiro atoms. The molecule has 0 unspecified atom stereocenters. The molecule has 75 heavy (non-hydrogen) atoms. The van der Waals surface area contributed by atoms with E-state index in [-0.39, 0.29) is 52.6 Å². The molecule has 4 saturated heterocycles. The van der Waals surface area contributed by atoms with Gasteiger partial charge < -0.3 is 104 Å². The van der Waals surface area contributed by atoms with Crippen LogP contribution in [0, 0.1) is 50.2 Å². The molecule has 4 aliphatic heterocycles. The molecule has 9 rings (SSSR count). The number of hydrogen-bond acceptors (Lipinski definition) is 21. The molecule has 8 fully saturated rings. The topological polar surface area (TPSA) is 354 Å². The van der Waals surface area contributed by atoms with E-state index in [0.717, 1.165) is 44.9 Å². The van der Waals surface area contributed by atoms with Gasteiger partial charge in [0.2, 0.25) is 0 Å². The first-order valence-corrected chi connectivity index (χ1v) is 27.3. The van der Waals surface area contributed by atoms with Crippen LogP contribution in [0.15, 0.2) is 11.6 Å². The molecule has 13 N–H and O–H groups in total. The number of rotatable bonds is 12. The van der Waals surface area contributed by atoms with Crippen LogP contribution in [0.4, 0.5) is 0 Å². The second-order valence-electron chi connectivity index (χ2n) is 25.7. The Hall–Kier alpha value is -1.59. The van der Waals surface area contributed by atoms with Gasteiger partial charge in [0.15, 0.2) is 25.2 Å². The third-order valence-electron chi connectivity index (χ3n) is 21.2. The highest BCUT2D eigenvalue weighted by Crippen LogP contribution is 2.76. The molecule has 0 bridgehead atoms. The molecule has 28 atom stereocenters. The summed E-state index contributed by atoms with van der Waals surface area (Å²) in [5.41, 5.74) is -0.631. The van der Waals surface area contributed by atoms with Gasteiger partial charge in [0.05, 0.1) is 44.1 Å². The van der Waals surface area contributed by atoms with Crippen molar-refractivity contribution in [1.82, 2.24) is 0 Å². The average Bonchev–Trinajstić information content (AvgIpc) is 3.36. The van der Waals surface area contributed by atoms with Crippen LogP contribution in [0.25, 0.3) is 0 Å². The van der Waals surface area contributed by atoms with Crippen LogP contribution in [-0.4, -0.2) is 222 Å². The smallest absolute Gasteiger partial charge is 0.310 e. The van der Waals surface area contributed by atoms with Crippen molar-refractivity contribution in [1.29, 1.82) is 0 Å². The van der Waals surface area contributed by atoms with Crippen LogP contribution in [-0.2, 0) is 42.7 Å². The number of hydrogen-bond donors (Lipinski definition) is 13. The Morgan fingerprint density at radius 1 is 0.613 bits per heavy atom. The first kappa shape index (κ1) is 58.1. The van der Waals surface area contributed by atoms with Crippen LogP contribution >= 0.6 is 0 Å². The Kier molecular flexibility index (Phi) is 16.3. The second kappa shape index (κ2) is 21.1. The summed E-state index contributed by atoms with van der Waals surface area (Å²) in [5, 5.41) is 141. The van der Waals surface area contributed by atoms with Crippen LogP contribution in [0.2, 0.25) is 0 Å². The lowest BCUT2D eigenvalue weighted by Gasteiger charge is -2.71. The summed E-state index contributed by atoms with van der Waals surface area (Å²) in [7, 11) is 0. The van der Waals surface area contributed by atoms with Gasteiger partial charge in [-0.25, -0.2) is 0 Å². The van der Waals surface area contributed by atoms with Gasteiger partial charge in [-0.2, -0.15) is 0 Å². The molecule has 5 aliphatic carbocycles. The van der Waals surface area contributed by atoms with Gasteiger partial charge in [0.1, 0.15) is 85.5 Å². The van der Waals surface area contributed by atoms with Gasteiger partial charge in [-0.05, 0) is 111 Å². The van der Waals surface area contributed by atoms with Gasteiger partial charge in [0.25, 0.3) is 0 Å². The summed E-state index contributed by atoms with van der Waals surface area (Å²) in [6.45, 7) is 13.0. The second-order valence-corrected chi connectivity index (χ2v) is 25.7. The summed E-state index contributed by atoms with van der Waals surface area (Å²) in [4.78, 5) is 13.1. The summed E-state index contributed by atoms with van der Waals surface area (Å²) in [6.07, 6.45) is -21.7. The molecular formula is C53H86O22. The maximum absolute atomic E-state index is 13.1. The SMILES string of the molecule is C[C@@H]1O[C@@H](O[C@@H]2CO[C@@H](O[C@H]3CC[C@@]4(C)[C@@H](CC[C@]5(C)[C@@H]4CC=C4[C@@H]6CC(C)(C)CC[C@]6(C(=O)O)CC[C@]45C)[C@]3(C)CO)[C@H](O)[C@H]2O)[C@H](O)[C@H](O[C@@H]2O[C@H](CO)[C@@H](O[C@@H]3O[C@H](CO)[C@@H](O)[C@H](O)[C@H]3O)[C@H](O)[C@H]2O)[C@H]1O. The van der Waals surface area contributed by atoms with Crippen molar-refractivity contribution < 1.29 is 109 Å². The number of fused-ring (bicyclic) bond motifs is 7. The maximum Gasteiger partial charge on any atom is 0.310 e. The number of ether oxygens (including phenoxy) is 8. The number of aliphatic carboxylic acids is 1. The van der Waals surface area contributed by atoms with E-state index in [9.17, 15) is 71.2 Å². The number of aliphatic hydroxyl groups excluding tert-OH is 12. The molecule has 0 aromatic carbocycles. The van der Waals surface area contributed by atoms with Crippen molar-refractivity contribution in [2.75, 3.05) is 26.4 Å². The highest BCUT2D eigenvalue weighted by molar-refractivity contribution is 5.76. The Morgan fingerprint density at radius 2 is 1.23 bits per heavy atom. The van der Waals surface area contributed by atoms with Crippen LogP contribution < -0.4 is 0 Å². The fraction of sp³-hybridized carbons (Fsp3) is 0.943. The minimum absolute atomic E-state index is 0.0108. The molecule has 0 radical (unpaired) electrons. The molecule has 22 nitrogen and oxygen atoms in total. The lowest BCUT2D eigenvalue weighted by molar-refractivity contribution is -0.385. The number of carbonyl (C=O) groups is 1. The van der Waals surface area contributed by atoms with E-state index >= 15 is 0 Å². The monoisotopic (exact) mass is 1070 g/mol. The third-order valence-corrected chi connectivity index (χ3v) is 21.2. The lowest BCUT2D eigenvalue weighted by Crippen LogP contribution is -2.67. The number of carboxylic acids is 1. The fourth-order valence-corrected chi connectivity index (χ4v) is 16.3. The van der Waals surface area contributed by atoms with Gasteiger partial charge >= 0.3 is 5.97 Å². The largest absolute Gasteiger partial charge is 0.481 e. The van der Waals surface area contributed by atoms with Crippen molar-refractivity contribution in [3.8, 4) is 0 Å². The summed E-state index contributed by atoms with van der Waals surface area (Å²) < 4.78 is 47.0. The number of aliphatic hydroxyl groups is 12. The first-order valence-electron chi connectivity index (χ1n) is 27.3. The standard InChI is InChI=1S/C53H86O22/c1-23-32(57)42(75-45-39(64)36(61)41(27(20-55)71-45)74-44-38(63)35(60)33(58)26(19-54)70-44)40(65)46(69-23)72-28-21-68-43(37(62)34(28)59)73-31-11-12-49(4)29(50(31,5)22-56)10-13-52(7)30(49)9-8-24-25-18-48(2,3)14-16-53(25,47(66)67)17-15-51(24,52)6/h8,23,25-46,54-65H,9-22H2,1-7H3,(H,66,67)/t23-,25-,26+,27+,28+,29+,30+,31-,32-,33+,34-,35-,36+,37+,38+,39+,40+,41+,42+,43-,44-,45-,46-,49-,50-,51+,52+,53-/m0/s1. The summed E-state index contributed by atoms with van der Waals surface area (Å²) in [6, 6.07) is 0. The highest BCUT2D eigenvalue weighted by atomic mass is 16.8. The first-order chi connectivity index (χ1) is 35.2. The Morgan fingerprint density at radius 3 is 1.88 bits per heavy atom. The van der Waals surface area contributed by atoms with Gasteiger partial charge in [0, 0.05) is 5.41 Å². The van der Waals surface area contributed by atoms with E-state index in [2.05, 4.69) is 40.7 Å². The van der Waals surface area contributed by atoms with Crippen molar-refractivity contribution in [3.05, 3.63) is 11.6 Å². The molecule has 0 aromatic rings.